The van der Waals surface area contributed by atoms with E-state index in [1.54, 1.807) is 17.0 Å². The number of benzene rings is 1. The lowest BCUT2D eigenvalue weighted by molar-refractivity contribution is -0.148. The number of carbonyl (C=O) groups excluding carboxylic acids is 3. The zero-order chi connectivity index (χ0) is 20.6. The summed E-state index contributed by atoms with van der Waals surface area (Å²) in [7, 11) is 1.50. The Labute approximate surface area is 169 Å². The van der Waals surface area contributed by atoms with E-state index in [-0.39, 0.29) is 18.5 Å². The average molecular weight is 396 g/mol. The van der Waals surface area contributed by atoms with Crippen LogP contribution in [0, 0.1) is 0 Å². The molecule has 8 nitrogen and oxygen atoms in total. The molecule has 0 unspecified atom stereocenters. The van der Waals surface area contributed by atoms with Crippen LogP contribution in [0.5, 0.6) is 0 Å². The van der Waals surface area contributed by atoms with Crippen molar-refractivity contribution in [2.45, 2.75) is 25.4 Å². The molecule has 0 bridgehead atoms. The maximum Gasteiger partial charge on any atom is 0.331 e. The molecule has 8 heteroatoms. The van der Waals surface area contributed by atoms with Gasteiger partial charge in [0, 0.05) is 30.9 Å². The van der Waals surface area contributed by atoms with E-state index in [9.17, 15) is 14.4 Å². The highest BCUT2D eigenvalue weighted by atomic mass is 16.5. The van der Waals surface area contributed by atoms with Gasteiger partial charge in [0.05, 0.1) is 19.3 Å². The molecule has 0 saturated heterocycles. The van der Waals surface area contributed by atoms with Crippen molar-refractivity contribution >= 4 is 23.9 Å². The smallest absolute Gasteiger partial charge is 0.331 e. The number of aromatic nitrogens is 2. The Bertz CT molecular complexity index is 887. The number of hydrogen-bond donors (Lipinski definition) is 1. The summed E-state index contributed by atoms with van der Waals surface area (Å²) in [5.41, 5.74) is 1.87. The largest absolute Gasteiger partial charge is 0.452 e. The SMILES string of the molecule is CN(CC(=O)NC1CC1)C(=O)COC(=O)/C=C/c1cnn(Cc2ccccc2)c1. The van der Waals surface area contributed by atoms with Gasteiger partial charge in [-0.2, -0.15) is 5.10 Å². The van der Waals surface area contributed by atoms with Crippen molar-refractivity contribution in [3.05, 3.63) is 59.9 Å². The molecule has 1 N–H and O–H groups in total. The zero-order valence-electron chi connectivity index (χ0n) is 16.3. The maximum absolute atomic E-state index is 12.0. The van der Waals surface area contributed by atoms with Crippen LogP contribution >= 0.6 is 0 Å². The van der Waals surface area contributed by atoms with Crippen molar-refractivity contribution in [1.82, 2.24) is 20.0 Å². The summed E-state index contributed by atoms with van der Waals surface area (Å²) < 4.78 is 6.72. The molecule has 152 valence electrons. The van der Waals surface area contributed by atoms with Crippen molar-refractivity contribution in [2.75, 3.05) is 20.2 Å². The number of carbonyl (C=O) groups is 3. The van der Waals surface area contributed by atoms with Crippen LogP contribution in [0.25, 0.3) is 6.08 Å². The second kappa shape index (κ2) is 9.68. The molecule has 1 saturated carbocycles. The first-order chi connectivity index (χ1) is 14.0. The molecule has 1 aliphatic rings. The van der Waals surface area contributed by atoms with Gasteiger partial charge >= 0.3 is 5.97 Å². The highest BCUT2D eigenvalue weighted by molar-refractivity contribution is 5.90. The van der Waals surface area contributed by atoms with E-state index in [0.29, 0.717) is 6.54 Å². The second-order valence-electron chi connectivity index (χ2n) is 6.99. The van der Waals surface area contributed by atoms with Gasteiger partial charge in [0.15, 0.2) is 6.61 Å². The minimum Gasteiger partial charge on any atom is -0.452 e. The number of nitrogens with zero attached hydrogens (tertiary/aromatic N) is 3. The van der Waals surface area contributed by atoms with Gasteiger partial charge in [-0.25, -0.2) is 4.79 Å². The van der Waals surface area contributed by atoms with Gasteiger partial charge in [-0.3, -0.25) is 14.3 Å². The third-order valence-electron chi connectivity index (χ3n) is 4.34. The molecular formula is C21H24N4O4. The van der Waals surface area contributed by atoms with E-state index in [0.717, 1.165) is 24.0 Å². The molecular weight excluding hydrogens is 372 g/mol. The van der Waals surface area contributed by atoms with Crippen molar-refractivity contribution < 1.29 is 19.1 Å². The standard InChI is InChI=1S/C21H24N4O4/c1-24(14-19(26)23-18-8-9-18)20(27)15-29-21(28)10-7-17-11-22-25(13-17)12-16-5-3-2-4-6-16/h2-7,10-11,13,18H,8-9,12,14-15H2,1H3,(H,23,26)/b10-7+. The Morgan fingerprint density at radius 1 is 1.28 bits per heavy atom. The van der Waals surface area contributed by atoms with E-state index in [2.05, 4.69) is 10.4 Å². The molecule has 2 aromatic rings. The summed E-state index contributed by atoms with van der Waals surface area (Å²) in [6.07, 6.45) is 8.25. The first kappa shape index (κ1) is 20.3. The lowest BCUT2D eigenvalue weighted by Crippen LogP contribution is -2.40. The molecule has 0 atom stereocenters. The molecule has 0 radical (unpaired) electrons. The van der Waals surface area contributed by atoms with E-state index in [1.165, 1.54) is 18.0 Å². The quantitative estimate of drug-likeness (QED) is 0.508. The van der Waals surface area contributed by atoms with Gasteiger partial charge in [0.2, 0.25) is 5.91 Å². The Kier molecular flexibility index (Phi) is 6.78. The third-order valence-corrected chi connectivity index (χ3v) is 4.34. The zero-order valence-corrected chi connectivity index (χ0v) is 16.3. The molecule has 1 aliphatic carbocycles. The Hall–Kier alpha value is -3.42. The summed E-state index contributed by atoms with van der Waals surface area (Å²) in [6, 6.07) is 10.2. The minimum atomic E-state index is -0.634. The first-order valence-corrected chi connectivity index (χ1v) is 9.44. The van der Waals surface area contributed by atoms with Gasteiger partial charge in [0.25, 0.3) is 5.91 Å². The number of nitrogens with one attached hydrogen (secondary N) is 1. The van der Waals surface area contributed by atoms with Crippen LogP contribution in [0.3, 0.4) is 0 Å². The van der Waals surface area contributed by atoms with Crippen molar-refractivity contribution in [3.8, 4) is 0 Å². The van der Waals surface area contributed by atoms with Gasteiger partial charge in [-0.05, 0) is 24.5 Å². The van der Waals surface area contributed by atoms with Gasteiger partial charge in [-0.15, -0.1) is 0 Å². The number of rotatable bonds is 9. The van der Waals surface area contributed by atoms with Crippen LogP contribution in [0.2, 0.25) is 0 Å². The highest BCUT2D eigenvalue weighted by Gasteiger charge is 2.24. The van der Waals surface area contributed by atoms with Gasteiger partial charge in [0.1, 0.15) is 0 Å². The Morgan fingerprint density at radius 3 is 2.76 bits per heavy atom. The predicted octanol–water partition coefficient (Wildman–Crippen LogP) is 1.22. The number of likely N-dealkylation sites (N-methyl/N-ethyl adjacent to an activating group) is 1. The molecule has 3 rings (SSSR count). The van der Waals surface area contributed by atoms with E-state index in [4.69, 9.17) is 4.74 Å². The van der Waals surface area contributed by atoms with Gasteiger partial charge in [-0.1, -0.05) is 30.3 Å². The molecule has 1 heterocycles. The molecule has 0 spiro atoms. The first-order valence-electron chi connectivity index (χ1n) is 9.44. The van der Waals surface area contributed by atoms with Crippen LogP contribution in [0.4, 0.5) is 0 Å². The monoisotopic (exact) mass is 396 g/mol. The van der Waals surface area contributed by atoms with Crippen LogP contribution in [-0.2, 0) is 25.7 Å². The topological polar surface area (TPSA) is 93.5 Å². The lowest BCUT2D eigenvalue weighted by atomic mass is 10.2. The molecule has 0 aliphatic heterocycles. The van der Waals surface area contributed by atoms with Crippen LogP contribution in [0.1, 0.15) is 24.0 Å². The summed E-state index contributed by atoms with van der Waals surface area (Å²) in [5, 5.41) is 7.05. The molecule has 29 heavy (non-hydrogen) atoms. The van der Waals surface area contributed by atoms with Crippen LogP contribution in [-0.4, -0.2) is 58.7 Å². The molecule has 1 fully saturated rings. The summed E-state index contributed by atoms with van der Waals surface area (Å²) >= 11 is 0. The van der Waals surface area contributed by atoms with E-state index in [1.807, 2.05) is 36.5 Å². The summed E-state index contributed by atoms with van der Waals surface area (Å²) in [4.78, 5) is 36.7. The average Bonchev–Trinajstić information content (AvgIpc) is 3.41. The number of esters is 1. The minimum absolute atomic E-state index is 0.0523. The number of hydrogen-bond acceptors (Lipinski definition) is 5. The summed E-state index contributed by atoms with van der Waals surface area (Å²) in [6.45, 7) is 0.168. The second-order valence-corrected chi connectivity index (χ2v) is 6.99. The van der Waals surface area contributed by atoms with E-state index >= 15 is 0 Å². The number of ether oxygens (including phenoxy) is 1. The predicted molar refractivity (Wildman–Crippen MR) is 107 cm³/mol. The highest BCUT2D eigenvalue weighted by Crippen LogP contribution is 2.18. The fraction of sp³-hybridized carbons (Fsp3) is 0.333. The lowest BCUT2D eigenvalue weighted by Gasteiger charge is -2.16. The van der Waals surface area contributed by atoms with Crippen LogP contribution < -0.4 is 5.32 Å². The third kappa shape index (κ3) is 6.91. The Morgan fingerprint density at radius 2 is 2.03 bits per heavy atom. The van der Waals surface area contributed by atoms with Gasteiger partial charge < -0.3 is 15.0 Å². The fourth-order valence-electron chi connectivity index (χ4n) is 2.58. The van der Waals surface area contributed by atoms with Crippen molar-refractivity contribution in [3.63, 3.8) is 0 Å². The normalized spacial score (nSPS) is 13.3. The number of amides is 2. The summed E-state index contributed by atoms with van der Waals surface area (Å²) in [5.74, 6) is -1.28. The molecule has 1 aromatic carbocycles. The van der Waals surface area contributed by atoms with Crippen molar-refractivity contribution in [2.24, 2.45) is 0 Å². The molecule has 2 amide bonds. The fourth-order valence-corrected chi connectivity index (χ4v) is 2.58. The van der Waals surface area contributed by atoms with E-state index < -0.39 is 18.5 Å². The van der Waals surface area contributed by atoms with Crippen molar-refractivity contribution in [1.29, 1.82) is 0 Å². The molecule has 1 aromatic heterocycles. The van der Waals surface area contributed by atoms with Crippen LogP contribution in [0.15, 0.2) is 48.8 Å². The Balaban J connectivity index is 1.40. The maximum atomic E-state index is 12.0.